The van der Waals surface area contributed by atoms with Crippen LogP contribution in [-0.2, 0) is 0 Å². The molecule has 17 heavy (non-hydrogen) atoms. The van der Waals surface area contributed by atoms with E-state index in [2.05, 4.69) is 5.32 Å². The Morgan fingerprint density at radius 2 is 1.94 bits per heavy atom. The highest BCUT2D eigenvalue weighted by Gasteiger charge is 2.09. The molecule has 0 saturated heterocycles. The molecule has 0 bridgehead atoms. The van der Waals surface area contributed by atoms with Crippen molar-refractivity contribution in [1.29, 1.82) is 5.41 Å². The van der Waals surface area contributed by atoms with Crippen LogP contribution >= 0.6 is 22.9 Å². The zero-order valence-electron chi connectivity index (χ0n) is 8.74. The summed E-state index contributed by atoms with van der Waals surface area (Å²) in [6.45, 7) is 0. The Labute approximate surface area is 108 Å². The summed E-state index contributed by atoms with van der Waals surface area (Å²) >= 11 is 7.14. The van der Waals surface area contributed by atoms with E-state index in [1.807, 2.05) is 11.4 Å². The molecule has 0 aliphatic rings. The molecule has 0 aliphatic heterocycles. The topological polar surface area (TPSA) is 53.0 Å². The summed E-state index contributed by atoms with van der Waals surface area (Å²) in [6, 6.07) is 10.2. The summed E-state index contributed by atoms with van der Waals surface area (Å²) in [5.74, 6) is -0.194. The van der Waals surface area contributed by atoms with Gasteiger partial charge in [-0.15, -0.1) is 11.3 Å². The zero-order valence-corrected chi connectivity index (χ0v) is 10.3. The standard InChI is InChI=1S/C12H9ClN2OS/c13-9-5-3-8(4-6-9)12(16)15-11(14)10-2-1-7-17-10/h1-7H,(H2,14,15,16). The number of hydrogen-bond donors (Lipinski definition) is 2. The maximum atomic E-state index is 11.8. The molecule has 0 radical (unpaired) electrons. The Kier molecular flexibility index (Phi) is 3.56. The lowest BCUT2D eigenvalue weighted by atomic mass is 10.2. The van der Waals surface area contributed by atoms with E-state index in [1.165, 1.54) is 11.3 Å². The van der Waals surface area contributed by atoms with Gasteiger partial charge in [-0.3, -0.25) is 10.2 Å². The second-order valence-electron chi connectivity index (χ2n) is 3.31. The third kappa shape index (κ3) is 2.93. The predicted octanol–water partition coefficient (Wildman–Crippen LogP) is 3.16. The number of carbonyl (C=O) groups excluding carboxylic acids is 1. The summed E-state index contributed by atoms with van der Waals surface area (Å²) in [5, 5.41) is 12.7. The van der Waals surface area contributed by atoms with Gasteiger partial charge in [0.25, 0.3) is 5.91 Å². The number of thiophene rings is 1. The van der Waals surface area contributed by atoms with Crippen molar-refractivity contribution in [2.24, 2.45) is 0 Å². The number of halogens is 1. The molecule has 0 unspecified atom stereocenters. The Hall–Kier alpha value is -1.65. The monoisotopic (exact) mass is 264 g/mol. The van der Waals surface area contributed by atoms with Crippen molar-refractivity contribution in [2.45, 2.75) is 0 Å². The van der Waals surface area contributed by atoms with Crippen molar-refractivity contribution < 1.29 is 4.79 Å². The van der Waals surface area contributed by atoms with Crippen molar-refractivity contribution in [3.05, 3.63) is 57.2 Å². The van der Waals surface area contributed by atoms with Crippen LogP contribution in [0, 0.1) is 5.41 Å². The summed E-state index contributed by atoms with van der Waals surface area (Å²) in [4.78, 5) is 12.5. The lowest BCUT2D eigenvalue weighted by molar-refractivity contribution is 0.0977. The molecule has 1 amide bonds. The number of carbonyl (C=O) groups is 1. The Morgan fingerprint density at radius 3 is 2.53 bits per heavy atom. The molecule has 3 nitrogen and oxygen atoms in total. The molecule has 5 heteroatoms. The van der Waals surface area contributed by atoms with E-state index in [-0.39, 0.29) is 11.7 Å². The first-order valence-corrected chi connectivity index (χ1v) is 6.12. The Morgan fingerprint density at radius 1 is 1.24 bits per heavy atom. The SMILES string of the molecule is N=C(NC(=O)c1ccc(Cl)cc1)c1cccs1. The predicted molar refractivity (Wildman–Crippen MR) is 70.1 cm³/mol. The van der Waals surface area contributed by atoms with Gasteiger partial charge >= 0.3 is 0 Å². The molecule has 2 aromatic rings. The van der Waals surface area contributed by atoms with Gasteiger partial charge in [-0.1, -0.05) is 17.7 Å². The maximum Gasteiger partial charge on any atom is 0.256 e. The molecule has 0 aliphatic carbocycles. The first kappa shape index (κ1) is 11.8. The number of rotatable bonds is 2. The molecule has 1 aromatic carbocycles. The van der Waals surface area contributed by atoms with E-state index in [0.717, 1.165) is 4.88 Å². The highest BCUT2D eigenvalue weighted by molar-refractivity contribution is 7.12. The number of amidine groups is 1. The lowest BCUT2D eigenvalue weighted by Gasteiger charge is -2.04. The van der Waals surface area contributed by atoms with Crippen LogP contribution in [0.15, 0.2) is 41.8 Å². The van der Waals surface area contributed by atoms with Gasteiger partial charge in [0.05, 0.1) is 4.88 Å². The first-order chi connectivity index (χ1) is 8.16. The van der Waals surface area contributed by atoms with Gasteiger partial charge in [-0.25, -0.2) is 0 Å². The Bertz CT molecular complexity index is 534. The summed E-state index contributed by atoms with van der Waals surface area (Å²) < 4.78 is 0. The van der Waals surface area contributed by atoms with Gasteiger partial charge in [0.1, 0.15) is 5.84 Å². The zero-order chi connectivity index (χ0) is 12.3. The third-order valence-corrected chi connectivity index (χ3v) is 3.25. The van der Waals surface area contributed by atoms with Gasteiger partial charge in [-0.2, -0.15) is 0 Å². The van der Waals surface area contributed by atoms with Gasteiger partial charge in [0.2, 0.25) is 0 Å². The largest absolute Gasteiger partial charge is 0.306 e. The van der Waals surface area contributed by atoms with E-state index in [9.17, 15) is 4.79 Å². The van der Waals surface area contributed by atoms with Crippen LogP contribution in [0.4, 0.5) is 0 Å². The van der Waals surface area contributed by atoms with E-state index in [4.69, 9.17) is 17.0 Å². The molecule has 1 heterocycles. The van der Waals surface area contributed by atoms with Crippen molar-refractivity contribution in [3.63, 3.8) is 0 Å². The van der Waals surface area contributed by atoms with Crippen molar-refractivity contribution >= 4 is 34.7 Å². The minimum atomic E-state index is -0.305. The van der Waals surface area contributed by atoms with Gasteiger partial charge in [-0.05, 0) is 35.7 Å². The lowest BCUT2D eigenvalue weighted by Crippen LogP contribution is -2.29. The fourth-order valence-electron chi connectivity index (χ4n) is 1.27. The first-order valence-electron chi connectivity index (χ1n) is 4.86. The normalized spacial score (nSPS) is 9.94. The fourth-order valence-corrected chi connectivity index (χ4v) is 2.03. The smallest absolute Gasteiger partial charge is 0.256 e. The van der Waals surface area contributed by atoms with Gasteiger partial charge < -0.3 is 5.32 Å². The molecule has 2 rings (SSSR count). The second-order valence-corrected chi connectivity index (χ2v) is 4.70. The summed E-state index contributed by atoms with van der Waals surface area (Å²) in [5.41, 5.74) is 0.482. The molecule has 0 fully saturated rings. The second kappa shape index (κ2) is 5.12. The highest BCUT2D eigenvalue weighted by Crippen LogP contribution is 2.11. The maximum absolute atomic E-state index is 11.8. The summed E-state index contributed by atoms with van der Waals surface area (Å²) in [7, 11) is 0. The van der Waals surface area contributed by atoms with Gasteiger partial charge in [0.15, 0.2) is 0 Å². The van der Waals surface area contributed by atoms with E-state index < -0.39 is 0 Å². The fraction of sp³-hybridized carbons (Fsp3) is 0. The average Bonchev–Trinajstić information content (AvgIpc) is 2.83. The molecule has 0 saturated carbocycles. The number of amides is 1. The Balaban J connectivity index is 2.07. The van der Waals surface area contributed by atoms with Gasteiger partial charge in [0, 0.05) is 10.6 Å². The average molecular weight is 265 g/mol. The number of benzene rings is 1. The van der Waals surface area contributed by atoms with E-state index >= 15 is 0 Å². The molecular formula is C12H9ClN2OS. The summed E-state index contributed by atoms with van der Waals surface area (Å²) in [6.07, 6.45) is 0. The van der Waals surface area contributed by atoms with Crippen LogP contribution in [0.25, 0.3) is 0 Å². The molecule has 2 N–H and O–H groups in total. The number of nitrogens with one attached hydrogen (secondary N) is 2. The van der Waals surface area contributed by atoms with Crippen LogP contribution in [0.3, 0.4) is 0 Å². The molecule has 86 valence electrons. The quantitative estimate of drug-likeness (QED) is 0.635. The van der Waals surface area contributed by atoms with Crippen molar-refractivity contribution in [1.82, 2.24) is 5.32 Å². The minimum Gasteiger partial charge on any atom is -0.306 e. The van der Waals surface area contributed by atoms with Crippen molar-refractivity contribution in [2.75, 3.05) is 0 Å². The molecule has 1 aromatic heterocycles. The van der Waals surface area contributed by atoms with Crippen LogP contribution in [0.2, 0.25) is 5.02 Å². The minimum absolute atomic E-state index is 0.111. The van der Waals surface area contributed by atoms with Crippen LogP contribution in [0.1, 0.15) is 15.2 Å². The van der Waals surface area contributed by atoms with E-state index in [1.54, 1.807) is 30.3 Å². The highest BCUT2D eigenvalue weighted by atomic mass is 35.5. The van der Waals surface area contributed by atoms with Crippen molar-refractivity contribution in [3.8, 4) is 0 Å². The third-order valence-electron chi connectivity index (χ3n) is 2.11. The van der Waals surface area contributed by atoms with Crippen LogP contribution in [0.5, 0.6) is 0 Å². The van der Waals surface area contributed by atoms with Crippen LogP contribution in [-0.4, -0.2) is 11.7 Å². The molecular weight excluding hydrogens is 256 g/mol. The molecule has 0 atom stereocenters. The van der Waals surface area contributed by atoms with Crippen LogP contribution < -0.4 is 5.32 Å². The van der Waals surface area contributed by atoms with E-state index in [0.29, 0.717) is 10.6 Å². The molecule has 0 spiro atoms. The number of hydrogen-bond acceptors (Lipinski definition) is 3.